The van der Waals surface area contributed by atoms with E-state index >= 15 is 0 Å². The summed E-state index contributed by atoms with van der Waals surface area (Å²) < 4.78 is 40.6. The number of aliphatic carboxylic acids is 1. The van der Waals surface area contributed by atoms with Crippen molar-refractivity contribution in [2.75, 3.05) is 6.54 Å². The zero-order valence-corrected chi connectivity index (χ0v) is 21.3. The topological polar surface area (TPSA) is 40.5 Å². The lowest BCUT2D eigenvalue weighted by Gasteiger charge is -2.47. The van der Waals surface area contributed by atoms with Crippen LogP contribution in [0.4, 0.5) is 13.2 Å². The third kappa shape index (κ3) is 7.31. The second kappa shape index (κ2) is 11.4. The lowest BCUT2D eigenvalue weighted by atomic mass is 9.78. The third-order valence-electron chi connectivity index (χ3n) is 6.89. The molecular formula is C26H33F3INO2. The number of carbonyl (C=O) groups is 1. The average molecular weight is 575 g/mol. The molecule has 1 N–H and O–H groups in total. The molecule has 3 rings (SSSR count). The standard InChI is InChI=1S/C26H33F3INO2/c1-17(2)3-12-23(19-6-10-22(30)11-7-19)31-14-13-18(16-25(32)33)15-24(31)20-4-8-21(9-5-20)26(27,28)29/h4,6-11,17-18,20,23-24H,3,5,12-16H2,1-2H3,(H,32,33)/t18-,20?,23-,24+/m0/s1. The molecule has 2 aliphatic rings. The number of carboxylic acid groups (broad SMARTS) is 1. The van der Waals surface area contributed by atoms with E-state index in [1.54, 1.807) is 6.08 Å². The number of allylic oxidation sites excluding steroid dienone is 3. The van der Waals surface area contributed by atoms with Crippen molar-refractivity contribution in [1.82, 2.24) is 4.90 Å². The Morgan fingerprint density at radius 3 is 2.45 bits per heavy atom. The number of hydrogen-bond acceptors (Lipinski definition) is 2. The van der Waals surface area contributed by atoms with E-state index in [-0.39, 0.29) is 30.3 Å². The van der Waals surface area contributed by atoms with Crippen molar-refractivity contribution in [2.45, 2.75) is 70.6 Å². The van der Waals surface area contributed by atoms with Gasteiger partial charge in [0.2, 0.25) is 0 Å². The summed E-state index contributed by atoms with van der Waals surface area (Å²) >= 11 is 2.29. The summed E-state index contributed by atoms with van der Waals surface area (Å²) in [6.07, 6.45) is 3.84. The van der Waals surface area contributed by atoms with Crippen molar-refractivity contribution < 1.29 is 23.1 Å². The Labute approximate surface area is 208 Å². The van der Waals surface area contributed by atoms with Gasteiger partial charge in [0.15, 0.2) is 0 Å². The maximum absolute atomic E-state index is 13.2. The minimum absolute atomic E-state index is 0.0156. The Kier molecular flexibility index (Phi) is 9.06. The quantitative estimate of drug-likeness (QED) is 0.329. The molecule has 4 atom stereocenters. The molecule has 7 heteroatoms. The number of hydrogen-bond donors (Lipinski definition) is 1. The highest BCUT2D eigenvalue weighted by Gasteiger charge is 2.39. The van der Waals surface area contributed by atoms with Crippen LogP contribution in [0, 0.1) is 21.3 Å². The molecule has 33 heavy (non-hydrogen) atoms. The van der Waals surface area contributed by atoms with Crippen LogP contribution >= 0.6 is 22.6 Å². The van der Waals surface area contributed by atoms with Crippen LogP contribution in [0.2, 0.25) is 0 Å². The number of rotatable bonds is 8. The first-order valence-corrected chi connectivity index (χ1v) is 12.8. The second-order valence-corrected chi connectivity index (χ2v) is 11.0. The first kappa shape index (κ1) is 26.3. The highest BCUT2D eigenvalue weighted by atomic mass is 127. The molecule has 0 saturated carbocycles. The maximum atomic E-state index is 13.2. The predicted molar refractivity (Wildman–Crippen MR) is 133 cm³/mol. The van der Waals surface area contributed by atoms with Crippen molar-refractivity contribution >= 4 is 28.6 Å². The van der Waals surface area contributed by atoms with Crippen LogP contribution in [0.15, 0.2) is 48.1 Å². The number of nitrogens with zero attached hydrogens (tertiary/aromatic N) is 1. The van der Waals surface area contributed by atoms with Crippen LogP contribution in [-0.4, -0.2) is 34.7 Å². The molecule has 1 aromatic carbocycles. The van der Waals surface area contributed by atoms with Crippen molar-refractivity contribution in [3.63, 3.8) is 0 Å². The number of carboxylic acids is 1. The van der Waals surface area contributed by atoms with Gasteiger partial charge in [-0.05, 0) is 96.7 Å². The van der Waals surface area contributed by atoms with Crippen molar-refractivity contribution in [3.05, 3.63) is 57.2 Å². The van der Waals surface area contributed by atoms with Gasteiger partial charge in [0.05, 0.1) is 5.57 Å². The van der Waals surface area contributed by atoms with Gasteiger partial charge in [0.25, 0.3) is 0 Å². The summed E-state index contributed by atoms with van der Waals surface area (Å²) in [5, 5.41) is 9.35. The normalized spacial score (nSPS) is 25.2. The highest BCUT2D eigenvalue weighted by Crippen LogP contribution is 2.41. The SMILES string of the molecule is CC(C)CC[C@@H](c1ccc(I)cc1)N1CC[C@H](CC(=O)O)C[C@@H]1C1C=CC(C(F)(F)F)=CC1. The van der Waals surface area contributed by atoms with Crippen molar-refractivity contribution in [2.24, 2.45) is 17.8 Å². The molecule has 1 aliphatic carbocycles. The van der Waals surface area contributed by atoms with Gasteiger partial charge in [-0.1, -0.05) is 44.2 Å². The molecular weight excluding hydrogens is 542 g/mol. The smallest absolute Gasteiger partial charge is 0.416 e. The molecule has 1 fully saturated rings. The zero-order chi connectivity index (χ0) is 24.2. The summed E-state index contributed by atoms with van der Waals surface area (Å²) in [6, 6.07) is 8.70. The number of likely N-dealkylation sites (tertiary alicyclic amines) is 1. The second-order valence-electron chi connectivity index (χ2n) is 9.75. The predicted octanol–water partition coefficient (Wildman–Crippen LogP) is 7.39. The lowest BCUT2D eigenvalue weighted by Crippen LogP contribution is -2.48. The number of halogens is 4. The van der Waals surface area contributed by atoms with E-state index in [1.165, 1.54) is 17.7 Å². The summed E-state index contributed by atoms with van der Waals surface area (Å²) in [7, 11) is 0. The Morgan fingerprint density at radius 2 is 1.91 bits per heavy atom. The molecule has 1 heterocycles. The molecule has 0 aromatic heterocycles. The summed E-state index contributed by atoms with van der Waals surface area (Å²) in [4.78, 5) is 13.8. The number of alkyl halides is 3. The van der Waals surface area contributed by atoms with Gasteiger partial charge in [-0.15, -0.1) is 0 Å². The van der Waals surface area contributed by atoms with Crippen LogP contribution in [-0.2, 0) is 4.79 Å². The highest BCUT2D eigenvalue weighted by molar-refractivity contribution is 14.1. The van der Waals surface area contributed by atoms with E-state index < -0.39 is 17.7 Å². The first-order valence-electron chi connectivity index (χ1n) is 11.7. The third-order valence-corrected chi connectivity index (χ3v) is 7.61. The van der Waals surface area contributed by atoms with E-state index in [1.807, 2.05) is 0 Å². The number of piperidine rings is 1. The van der Waals surface area contributed by atoms with E-state index in [0.717, 1.165) is 29.4 Å². The van der Waals surface area contributed by atoms with E-state index in [9.17, 15) is 23.1 Å². The van der Waals surface area contributed by atoms with Crippen LogP contribution in [0.25, 0.3) is 0 Å². The molecule has 1 saturated heterocycles. The van der Waals surface area contributed by atoms with Gasteiger partial charge in [0, 0.05) is 22.1 Å². The van der Waals surface area contributed by atoms with Crippen molar-refractivity contribution in [1.29, 1.82) is 0 Å². The summed E-state index contributed by atoms with van der Waals surface area (Å²) in [6.45, 7) is 5.17. The molecule has 1 unspecified atom stereocenters. The molecule has 1 aliphatic heterocycles. The number of benzene rings is 1. The van der Waals surface area contributed by atoms with Gasteiger partial charge in [-0.3, -0.25) is 9.69 Å². The summed E-state index contributed by atoms with van der Waals surface area (Å²) in [5.74, 6) is -0.267. The Bertz CT molecular complexity index is 863. The Morgan fingerprint density at radius 1 is 1.21 bits per heavy atom. The van der Waals surface area contributed by atoms with Crippen LogP contribution in [0.3, 0.4) is 0 Å². The van der Waals surface area contributed by atoms with Gasteiger partial charge < -0.3 is 5.11 Å². The maximum Gasteiger partial charge on any atom is 0.416 e. The van der Waals surface area contributed by atoms with Crippen molar-refractivity contribution in [3.8, 4) is 0 Å². The Hall–Kier alpha value is -1.35. The van der Waals surface area contributed by atoms with E-state index in [0.29, 0.717) is 18.8 Å². The molecule has 182 valence electrons. The van der Waals surface area contributed by atoms with E-state index in [4.69, 9.17) is 0 Å². The molecule has 0 amide bonds. The van der Waals surface area contributed by atoms with E-state index in [2.05, 4.69) is 65.6 Å². The van der Waals surface area contributed by atoms with Crippen LogP contribution in [0.5, 0.6) is 0 Å². The molecule has 0 bridgehead atoms. The molecule has 3 nitrogen and oxygen atoms in total. The molecule has 0 spiro atoms. The zero-order valence-electron chi connectivity index (χ0n) is 19.2. The minimum Gasteiger partial charge on any atom is -0.481 e. The van der Waals surface area contributed by atoms with Gasteiger partial charge in [0.1, 0.15) is 0 Å². The minimum atomic E-state index is -4.33. The fourth-order valence-electron chi connectivity index (χ4n) is 5.16. The lowest BCUT2D eigenvalue weighted by molar-refractivity contribution is -0.138. The van der Waals surface area contributed by atoms with Gasteiger partial charge in [-0.25, -0.2) is 0 Å². The van der Waals surface area contributed by atoms with Gasteiger partial charge in [-0.2, -0.15) is 13.2 Å². The Balaban J connectivity index is 1.89. The van der Waals surface area contributed by atoms with Crippen LogP contribution < -0.4 is 0 Å². The first-order chi connectivity index (χ1) is 15.5. The fraction of sp³-hybridized carbons (Fsp3) is 0.577. The van der Waals surface area contributed by atoms with Crippen LogP contribution in [0.1, 0.15) is 64.0 Å². The van der Waals surface area contributed by atoms with Gasteiger partial charge >= 0.3 is 12.1 Å². The molecule has 1 aromatic rings. The largest absolute Gasteiger partial charge is 0.481 e. The summed E-state index contributed by atoms with van der Waals surface area (Å²) in [5.41, 5.74) is 0.640. The molecule has 0 radical (unpaired) electrons. The average Bonchev–Trinajstić information content (AvgIpc) is 2.74. The fourth-order valence-corrected chi connectivity index (χ4v) is 5.52. The monoisotopic (exact) mass is 575 g/mol.